The van der Waals surface area contributed by atoms with Crippen molar-refractivity contribution in [3.05, 3.63) is 12.2 Å². The first-order chi connectivity index (χ1) is 6.79. The molecule has 3 heteroatoms. The molecule has 0 radical (unpaired) electrons. The van der Waals surface area contributed by atoms with Gasteiger partial charge in [-0.15, -0.1) is 0 Å². The highest BCUT2D eigenvalue weighted by atomic mass is 16.2. The second kappa shape index (κ2) is 5.43. The molecule has 0 N–H and O–H groups in total. The molecule has 1 aliphatic rings. The van der Waals surface area contributed by atoms with Gasteiger partial charge in [0, 0.05) is 13.1 Å². The normalized spacial score (nSPS) is 17.6. The van der Waals surface area contributed by atoms with Gasteiger partial charge < -0.3 is 4.90 Å². The van der Waals surface area contributed by atoms with Crippen molar-refractivity contribution < 1.29 is 4.79 Å². The van der Waals surface area contributed by atoms with Crippen LogP contribution < -0.4 is 0 Å². The summed E-state index contributed by atoms with van der Waals surface area (Å²) in [6.07, 6.45) is 6.53. The van der Waals surface area contributed by atoms with Gasteiger partial charge in [-0.2, -0.15) is 5.26 Å². The van der Waals surface area contributed by atoms with Crippen LogP contribution in [0.15, 0.2) is 12.2 Å². The number of carbonyl (C=O) groups is 1. The standard InChI is InChI=1S/C11H16N2O/c1-2-6-10(9-12)11(14)13-7-4-3-5-8-13/h3-4,10H,2,5-8H2,1H3. The SMILES string of the molecule is CCCC(C#N)C(=O)N1CC=CCC1. The summed E-state index contributed by atoms with van der Waals surface area (Å²) in [5.74, 6) is -0.440. The Balaban J connectivity index is 2.54. The van der Waals surface area contributed by atoms with Gasteiger partial charge in [-0.25, -0.2) is 0 Å². The second-order valence-corrected chi connectivity index (χ2v) is 3.51. The number of nitriles is 1. The molecule has 1 rings (SSSR count). The van der Waals surface area contributed by atoms with Gasteiger partial charge in [0.1, 0.15) is 5.92 Å². The predicted octanol–water partition coefficient (Wildman–Crippen LogP) is 1.71. The van der Waals surface area contributed by atoms with Crippen LogP contribution in [0.1, 0.15) is 26.2 Å². The summed E-state index contributed by atoms with van der Waals surface area (Å²) in [5.41, 5.74) is 0. The van der Waals surface area contributed by atoms with Crippen LogP contribution in [0, 0.1) is 17.2 Å². The number of rotatable bonds is 3. The number of nitrogens with zero attached hydrogens (tertiary/aromatic N) is 2. The largest absolute Gasteiger partial charge is 0.338 e. The van der Waals surface area contributed by atoms with E-state index in [9.17, 15) is 4.79 Å². The van der Waals surface area contributed by atoms with Gasteiger partial charge in [0.25, 0.3) is 0 Å². The first kappa shape index (κ1) is 10.8. The van der Waals surface area contributed by atoms with E-state index in [1.165, 1.54) is 0 Å². The summed E-state index contributed by atoms with van der Waals surface area (Å²) in [6.45, 7) is 3.42. The Morgan fingerprint density at radius 1 is 1.64 bits per heavy atom. The average molecular weight is 192 g/mol. The zero-order valence-electron chi connectivity index (χ0n) is 8.57. The molecule has 0 aromatic rings. The molecule has 3 nitrogen and oxygen atoms in total. The lowest BCUT2D eigenvalue weighted by Gasteiger charge is -2.25. The minimum atomic E-state index is -0.438. The molecule has 1 amide bonds. The summed E-state index contributed by atoms with van der Waals surface area (Å²) < 4.78 is 0. The molecular formula is C11H16N2O. The lowest BCUT2D eigenvalue weighted by molar-refractivity contribution is -0.133. The summed E-state index contributed by atoms with van der Waals surface area (Å²) in [4.78, 5) is 13.6. The van der Waals surface area contributed by atoms with Gasteiger partial charge in [0.15, 0.2) is 0 Å². The number of amides is 1. The van der Waals surface area contributed by atoms with E-state index in [2.05, 4.69) is 12.1 Å². The maximum absolute atomic E-state index is 11.8. The van der Waals surface area contributed by atoms with E-state index in [1.54, 1.807) is 4.90 Å². The Hall–Kier alpha value is -1.30. The minimum absolute atomic E-state index is 0.00120. The van der Waals surface area contributed by atoms with Gasteiger partial charge in [-0.05, 0) is 12.8 Å². The monoisotopic (exact) mass is 192 g/mol. The van der Waals surface area contributed by atoms with E-state index < -0.39 is 5.92 Å². The molecule has 0 saturated heterocycles. The zero-order chi connectivity index (χ0) is 10.4. The van der Waals surface area contributed by atoms with Crippen molar-refractivity contribution in [3.63, 3.8) is 0 Å². The third-order valence-corrected chi connectivity index (χ3v) is 2.40. The Labute approximate surface area is 85.0 Å². The van der Waals surface area contributed by atoms with E-state index in [0.29, 0.717) is 13.0 Å². The fraction of sp³-hybridized carbons (Fsp3) is 0.636. The van der Waals surface area contributed by atoms with Gasteiger partial charge in [-0.3, -0.25) is 4.79 Å². The minimum Gasteiger partial charge on any atom is -0.338 e. The number of hydrogen-bond acceptors (Lipinski definition) is 2. The molecule has 0 bridgehead atoms. The number of carbonyl (C=O) groups excluding carboxylic acids is 1. The first-order valence-electron chi connectivity index (χ1n) is 5.13. The van der Waals surface area contributed by atoms with Crippen LogP contribution in [0.2, 0.25) is 0 Å². The summed E-state index contributed by atoms with van der Waals surface area (Å²) in [5, 5.41) is 8.84. The van der Waals surface area contributed by atoms with Crippen molar-refractivity contribution in [2.24, 2.45) is 5.92 Å². The molecule has 1 unspecified atom stereocenters. The summed E-state index contributed by atoms with van der Waals surface area (Å²) >= 11 is 0. The quantitative estimate of drug-likeness (QED) is 0.639. The Morgan fingerprint density at radius 2 is 2.43 bits per heavy atom. The molecule has 14 heavy (non-hydrogen) atoms. The van der Waals surface area contributed by atoms with Gasteiger partial charge >= 0.3 is 0 Å². The Bertz CT molecular complexity index is 265. The van der Waals surface area contributed by atoms with Crippen LogP contribution in [0.4, 0.5) is 0 Å². The summed E-state index contributed by atoms with van der Waals surface area (Å²) in [7, 11) is 0. The van der Waals surface area contributed by atoms with Gasteiger partial charge in [0.05, 0.1) is 6.07 Å². The van der Waals surface area contributed by atoms with Crippen molar-refractivity contribution in [2.75, 3.05) is 13.1 Å². The van der Waals surface area contributed by atoms with Crippen LogP contribution in [0.25, 0.3) is 0 Å². The topological polar surface area (TPSA) is 44.1 Å². The van der Waals surface area contributed by atoms with Crippen molar-refractivity contribution in [2.45, 2.75) is 26.2 Å². The maximum atomic E-state index is 11.8. The first-order valence-corrected chi connectivity index (χ1v) is 5.13. The lowest BCUT2D eigenvalue weighted by Crippen LogP contribution is -2.37. The highest BCUT2D eigenvalue weighted by Crippen LogP contribution is 2.12. The molecule has 0 aliphatic carbocycles. The fourth-order valence-electron chi connectivity index (χ4n) is 1.59. The zero-order valence-corrected chi connectivity index (χ0v) is 8.57. The Morgan fingerprint density at radius 3 is 2.93 bits per heavy atom. The van der Waals surface area contributed by atoms with Crippen molar-refractivity contribution in [1.29, 1.82) is 5.26 Å². The fourth-order valence-corrected chi connectivity index (χ4v) is 1.59. The molecule has 0 fully saturated rings. The van der Waals surface area contributed by atoms with Crippen molar-refractivity contribution in [3.8, 4) is 6.07 Å². The maximum Gasteiger partial charge on any atom is 0.240 e. The molecule has 76 valence electrons. The highest BCUT2D eigenvalue weighted by molar-refractivity contribution is 5.81. The summed E-state index contributed by atoms with van der Waals surface area (Å²) in [6, 6.07) is 2.08. The van der Waals surface area contributed by atoms with E-state index in [0.717, 1.165) is 19.4 Å². The van der Waals surface area contributed by atoms with Crippen molar-refractivity contribution >= 4 is 5.91 Å². The number of hydrogen-bond donors (Lipinski definition) is 0. The molecule has 0 aromatic heterocycles. The van der Waals surface area contributed by atoms with Gasteiger partial charge in [-0.1, -0.05) is 25.5 Å². The third-order valence-electron chi connectivity index (χ3n) is 2.40. The average Bonchev–Trinajstić information content (AvgIpc) is 2.26. The van der Waals surface area contributed by atoms with E-state index >= 15 is 0 Å². The van der Waals surface area contributed by atoms with Crippen LogP contribution in [-0.2, 0) is 4.79 Å². The van der Waals surface area contributed by atoms with Gasteiger partial charge in [0.2, 0.25) is 5.91 Å². The van der Waals surface area contributed by atoms with E-state index in [1.807, 2.05) is 13.0 Å². The van der Waals surface area contributed by atoms with Crippen LogP contribution in [0.5, 0.6) is 0 Å². The van der Waals surface area contributed by atoms with E-state index in [4.69, 9.17) is 5.26 Å². The molecular weight excluding hydrogens is 176 g/mol. The van der Waals surface area contributed by atoms with Crippen LogP contribution >= 0.6 is 0 Å². The third kappa shape index (κ3) is 2.59. The lowest BCUT2D eigenvalue weighted by atomic mass is 10.0. The second-order valence-electron chi connectivity index (χ2n) is 3.51. The molecule has 1 heterocycles. The Kier molecular flexibility index (Phi) is 4.18. The highest BCUT2D eigenvalue weighted by Gasteiger charge is 2.22. The predicted molar refractivity (Wildman–Crippen MR) is 54.3 cm³/mol. The molecule has 1 aliphatic heterocycles. The van der Waals surface area contributed by atoms with Crippen molar-refractivity contribution in [1.82, 2.24) is 4.90 Å². The van der Waals surface area contributed by atoms with Crippen LogP contribution in [0.3, 0.4) is 0 Å². The molecule has 0 spiro atoms. The molecule has 0 saturated carbocycles. The molecule has 1 atom stereocenters. The van der Waals surface area contributed by atoms with E-state index in [-0.39, 0.29) is 5.91 Å². The molecule has 0 aromatic carbocycles. The smallest absolute Gasteiger partial charge is 0.240 e. The van der Waals surface area contributed by atoms with Crippen LogP contribution in [-0.4, -0.2) is 23.9 Å².